The number of hydrogen-bond donors (Lipinski definition) is 0. The Morgan fingerprint density at radius 1 is 0.607 bits per heavy atom. The van der Waals surface area contributed by atoms with E-state index in [1.807, 2.05) is 0 Å². The lowest BCUT2D eigenvalue weighted by Crippen LogP contribution is -2.52. The molecule has 0 bridgehead atoms. The molecule has 3 aromatic rings. The third-order valence-corrected chi connectivity index (χ3v) is 4.63. The number of hydrogen-bond acceptors (Lipinski definition) is 2. The van der Waals surface area contributed by atoms with Crippen molar-refractivity contribution in [3.05, 3.63) is 29.1 Å². The summed E-state index contributed by atoms with van der Waals surface area (Å²) < 4.78 is 14.2. The fourth-order valence-corrected chi connectivity index (χ4v) is 3.15. The third kappa shape index (κ3) is 2.71. The second-order valence-corrected chi connectivity index (χ2v) is 6.13. The Morgan fingerprint density at radius 2 is 1.00 bits per heavy atom. The fraction of sp³-hybridized carbons (Fsp3) is 0. The maximum atomic E-state index is 14.2. The fourth-order valence-electron chi connectivity index (χ4n) is 3.15. The maximum Gasteiger partial charge on any atom is 0.158 e. The molecule has 3 rings (SSSR count). The van der Waals surface area contributed by atoms with Gasteiger partial charge >= 0.3 is 0 Å². The summed E-state index contributed by atoms with van der Waals surface area (Å²) in [6, 6.07) is 5.84. The Balaban J connectivity index is 2.65. The van der Waals surface area contributed by atoms with Crippen LogP contribution in [-0.4, -0.2) is 54.9 Å². The van der Waals surface area contributed by atoms with Crippen molar-refractivity contribution < 1.29 is 4.39 Å². The van der Waals surface area contributed by atoms with Crippen molar-refractivity contribution in [2.24, 2.45) is 0 Å². The minimum absolute atomic E-state index is 0.000822. The molecule has 0 spiro atoms. The second kappa shape index (κ2) is 7.03. The Morgan fingerprint density at radius 3 is 1.43 bits per heavy atom. The standard InChI is InChI=1S/C18H2B7FN2/c19-11-8(5-1-6(3-27)18(26)7(2-5)4-28)9-10(13(21)15(11)23)14(22)17(25)16(24)12(9)20/h1-2H. The number of rotatable bonds is 1. The van der Waals surface area contributed by atoms with Crippen LogP contribution in [-0.2, 0) is 0 Å². The van der Waals surface area contributed by atoms with Gasteiger partial charge in [0.25, 0.3) is 0 Å². The predicted octanol–water partition coefficient (Wildman–Crippen LogP) is -4.05. The number of halogens is 1. The van der Waals surface area contributed by atoms with Gasteiger partial charge in [-0.25, -0.2) is 4.39 Å². The predicted molar refractivity (Wildman–Crippen MR) is 116 cm³/mol. The van der Waals surface area contributed by atoms with Crippen LogP contribution < -0.4 is 38.2 Å². The van der Waals surface area contributed by atoms with Crippen LogP contribution in [0.4, 0.5) is 4.39 Å². The Labute approximate surface area is 171 Å². The summed E-state index contributed by atoms with van der Waals surface area (Å²) in [5.74, 6) is -0.948. The van der Waals surface area contributed by atoms with Gasteiger partial charge in [-0.2, -0.15) is 10.5 Å². The molecule has 0 fully saturated rings. The molecule has 0 amide bonds. The van der Waals surface area contributed by atoms with Crippen LogP contribution in [0.1, 0.15) is 11.1 Å². The molecule has 0 N–H and O–H groups in total. The largest absolute Gasteiger partial charge is 0.204 e. The first-order valence-corrected chi connectivity index (χ1v) is 7.81. The van der Waals surface area contributed by atoms with E-state index in [2.05, 4.69) is 0 Å². The molecule has 28 heavy (non-hydrogen) atoms. The zero-order valence-corrected chi connectivity index (χ0v) is 14.5. The second-order valence-electron chi connectivity index (χ2n) is 6.13. The van der Waals surface area contributed by atoms with Crippen LogP contribution in [0, 0.1) is 28.5 Å². The molecular weight excluding hydrogens is 339 g/mol. The smallest absolute Gasteiger partial charge is 0.158 e. The first-order valence-electron chi connectivity index (χ1n) is 7.81. The molecular formula is C18H2B7FN2. The maximum absolute atomic E-state index is 14.2. The van der Waals surface area contributed by atoms with E-state index < -0.39 is 5.82 Å². The van der Waals surface area contributed by atoms with Crippen molar-refractivity contribution in [2.45, 2.75) is 0 Å². The SMILES string of the molecule is [B]c1c([B])c([B])c2c(-c3cc(C#N)c(F)c(C#N)c3)c([B])c([B])c([B])c2c1[B]. The minimum atomic E-state index is -0.948. The molecule has 0 unspecified atom stereocenters. The molecule has 0 atom stereocenters. The summed E-state index contributed by atoms with van der Waals surface area (Å²) in [5.41, 5.74) is -0.0800. The van der Waals surface area contributed by atoms with E-state index in [0.717, 1.165) is 0 Å². The molecule has 0 saturated heterocycles. The summed E-state index contributed by atoms with van der Waals surface area (Å²) in [6.45, 7) is 0. The highest BCUT2D eigenvalue weighted by Gasteiger charge is 2.20. The van der Waals surface area contributed by atoms with Crippen LogP contribution in [0.2, 0.25) is 0 Å². The summed E-state index contributed by atoms with van der Waals surface area (Å²) in [5, 5.41) is 18.9. The lowest BCUT2D eigenvalue weighted by atomic mass is 9.58. The normalized spacial score (nSPS) is 10.5. The lowest BCUT2D eigenvalue weighted by molar-refractivity contribution is 0.620. The van der Waals surface area contributed by atoms with Crippen molar-refractivity contribution in [1.82, 2.24) is 0 Å². The van der Waals surface area contributed by atoms with Gasteiger partial charge in [0.15, 0.2) is 5.82 Å². The zero-order valence-electron chi connectivity index (χ0n) is 14.5. The van der Waals surface area contributed by atoms with Crippen molar-refractivity contribution in [3.63, 3.8) is 0 Å². The van der Waals surface area contributed by atoms with E-state index in [-0.39, 0.29) is 71.3 Å². The lowest BCUT2D eigenvalue weighted by Gasteiger charge is -2.25. The van der Waals surface area contributed by atoms with Gasteiger partial charge in [0.2, 0.25) is 0 Å². The van der Waals surface area contributed by atoms with Gasteiger partial charge in [-0.3, -0.25) is 0 Å². The highest BCUT2D eigenvalue weighted by Crippen LogP contribution is 2.27. The van der Waals surface area contributed by atoms with E-state index in [9.17, 15) is 14.9 Å². The zero-order chi connectivity index (χ0) is 20.9. The number of nitrogens with zero attached hydrogens (tertiary/aromatic N) is 2. The van der Waals surface area contributed by atoms with Crippen molar-refractivity contribution in [1.29, 1.82) is 10.5 Å². The van der Waals surface area contributed by atoms with Crippen LogP contribution in [0.25, 0.3) is 21.9 Å². The molecule has 112 valence electrons. The molecule has 0 aliphatic carbocycles. The monoisotopic (exact) mass is 342 g/mol. The van der Waals surface area contributed by atoms with Crippen molar-refractivity contribution in [3.8, 4) is 23.3 Å². The summed E-state index contributed by atoms with van der Waals surface area (Å²) in [7, 11) is 42.4. The summed E-state index contributed by atoms with van der Waals surface area (Å²) in [4.78, 5) is 0. The van der Waals surface area contributed by atoms with Crippen LogP contribution in [0.15, 0.2) is 12.1 Å². The number of fused-ring (bicyclic) bond motifs is 1. The molecule has 0 aliphatic rings. The van der Waals surface area contributed by atoms with Crippen molar-refractivity contribution >= 4 is 104 Å². The van der Waals surface area contributed by atoms with Gasteiger partial charge < -0.3 is 0 Å². The van der Waals surface area contributed by atoms with E-state index in [1.165, 1.54) is 12.1 Å². The average molecular weight is 341 g/mol. The Hall–Kier alpha value is -2.72. The Bertz CT molecular complexity index is 1230. The highest BCUT2D eigenvalue weighted by molar-refractivity contribution is 6.71. The molecule has 0 heterocycles. The van der Waals surface area contributed by atoms with Gasteiger partial charge in [-0.15, -0.1) is 16.4 Å². The molecule has 0 aliphatic heterocycles. The summed E-state index contributed by atoms with van der Waals surface area (Å²) in [6.07, 6.45) is 0. The highest BCUT2D eigenvalue weighted by atomic mass is 19.1. The van der Waals surface area contributed by atoms with Gasteiger partial charge in [-0.1, -0.05) is 21.9 Å². The van der Waals surface area contributed by atoms with Gasteiger partial charge in [0, 0.05) is 0 Å². The molecule has 0 aromatic heterocycles. The number of benzene rings is 3. The first-order chi connectivity index (χ1) is 13.1. The van der Waals surface area contributed by atoms with E-state index in [4.69, 9.17) is 54.9 Å². The first kappa shape index (κ1) is 20.0. The minimum Gasteiger partial charge on any atom is -0.204 e. The van der Waals surface area contributed by atoms with E-state index in [1.54, 1.807) is 12.1 Å². The topological polar surface area (TPSA) is 47.6 Å². The third-order valence-electron chi connectivity index (χ3n) is 4.63. The molecule has 2 nitrogen and oxygen atoms in total. The van der Waals surface area contributed by atoms with Gasteiger partial charge in [-0.05, 0) is 34.0 Å². The van der Waals surface area contributed by atoms with Crippen LogP contribution >= 0.6 is 0 Å². The molecule has 3 aromatic carbocycles. The average Bonchev–Trinajstić information content (AvgIpc) is 2.69. The van der Waals surface area contributed by atoms with Gasteiger partial charge in [0.05, 0.1) is 11.1 Å². The van der Waals surface area contributed by atoms with Crippen molar-refractivity contribution in [2.75, 3.05) is 0 Å². The molecule has 14 radical (unpaired) electrons. The van der Waals surface area contributed by atoms with E-state index >= 15 is 0 Å². The van der Waals surface area contributed by atoms with Crippen LogP contribution in [0.5, 0.6) is 0 Å². The number of nitriles is 2. The molecule has 0 saturated carbocycles. The van der Waals surface area contributed by atoms with Gasteiger partial charge in [0.1, 0.15) is 67.1 Å². The quantitative estimate of drug-likeness (QED) is 0.423. The van der Waals surface area contributed by atoms with Crippen LogP contribution in [0.3, 0.4) is 0 Å². The molecule has 10 heteroatoms. The summed E-state index contributed by atoms with van der Waals surface area (Å²) >= 11 is 0. The van der Waals surface area contributed by atoms with E-state index in [0.29, 0.717) is 0 Å². The Kier molecular flexibility index (Phi) is 5.03.